The first-order valence-corrected chi connectivity index (χ1v) is 3.84. The lowest BCUT2D eigenvalue weighted by Gasteiger charge is -2.20. The number of hydrogen-bond acceptors (Lipinski definition) is 3. The van der Waals surface area contributed by atoms with Gasteiger partial charge >= 0.3 is 0 Å². The van der Waals surface area contributed by atoms with E-state index in [0.29, 0.717) is 13.1 Å². The molecule has 66 valence electrons. The van der Waals surface area contributed by atoms with Crippen LogP contribution in [0.5, 0.6) is 0 Å². The number of aliphatic hydroxyl groups is 1. The number of amides is 1. The van der Waals surface area contributed by atoms with E-state index in [0.717, 1.165) is 0 Å². The maximum absolute atomic E-state index is 11.1. The molecule has 0 heterocycles. The lowest BCUT2D eigenvalue weighted by molar-refractivity contribution is -0.139. The largest absolute Gasteiger partial charge is 0.382 e. The Morgan fingerprint density at radius 3 is 2.27 bits per heavy atom. The fourth-order valence-corrected chi connectivity index (χ4v) is 0.847. The monoisotopic (exact) mass is 160 g/mol. The molecule has 0 fully saturated rings. The molecule has 0 aromatic rings. The Labute approximate surface area is 67.0 Å². The van der Waals surface area contributed by atoms with Crippen LogP contribution in [0.15, 0.2) is 0 Å². The van der Waals surface area contributed by atoms with Crippen LogP contribution in [0.3, 0.4) is 0 Å². The topological polar surface area (TPSA) is 66.6 Å². The maximum Gasteiger partial charge on any atom is 0.252 e. The van der Waals surface area contributed by atoms with Gasteiger partial charge < -0.3 is 15.7 Å². The van der Waals surface area contributed by atoms with Crippen molar-refractivity contribution in [3.05, 3.63) is 0 Å². The Morgan fingerprint density at radius 2 is 2.00 bits per heavy atom. The van der Waals surface area contributed by atoms with Crippen LogP contribution in [0.4, 0.5) is 0 Å². The van der Waals surface area contributed by atoms with Crippen LogP contribution < -0.4 is 5.73 Å². The molecule has 0 aliphatic heterocycles. The van der Waals surface area contributed by atoms with Gasteiger partial charge in [0.25, 0.3) is 5.91 Å². The molecular weight excluding hydrogens is 144 g/mol. The summed E-state index contributed by atoms with van der Waals surface area (Å²) in [6.07, 6.45) is -1.03. The van der Waals surface area contributed by atoms with Gasteiger partial charge in [-0.15, -0.1) is 0 Å². The van der Waals surface area contributed by atoms with Gasteiger partial charge in [0.15, 0.2) is 0 Å². The number of nitrogens with zero attached hydrogens (tertiary/aromatic N) is 1. The number of nitrogens with two attached hydrogens (primary N) is 1. The Morgan fingerprint density at radius 1 is 1.55 bits per heavy atom. The molecule has 0 aromatic heterocycles. The smallest absolute Gasteiger partial charge is 0.252 e. The van der Waals surface area contributed by atoms with Crippen molar-refractivity contribution in [3.8, 4) is 0 Å². The van der Waals surface area contributed by atoms with E-state index in [1.54, 1.807) is 4.90 Å². The van der Waals surface area contributed by atoms with Crippen LogP contribution >= 0.6 is 0 Å². The normalized spacial score (nSPS) is 12.7. The Hall–Kier alpha value is -0.610. The predicted molar refractivity (Wildman–Crippen MR) is 43.0 cm³/mol. The number of likely N-dealkylation sites (N-methyl/N-ethyl adjacent to an activating group) is 1. The standard InChI is InChI=1S/C7H16N2O2/c1-3-9(4-2)7(11)6(10)5-8/h6,10H,3-5,8H2,1-2H3. The summed E-state index contributed by atoms with van der Waals surface area (Å²) in [5, 5.41) is 9.04. The number of aliphatic hydroxyl groups excluding tert-OH is 1. The van der Waals surface area contributed by atoms with E-state index >= 15 is 0 Å². The average molecular weight is 160 g/mol. The van der Waals surface area contributed by atoms with Crippen molar-refractivity contribution < 1.29 is 9.90 Å². The molecule has 1 amide bonds. The zero-order valence-corrected chi connectivity index (χ0v) is 7.08. The van der Waals surface area contributed by atoms with Gasteiger partial charge in [0.2, 0.25) is 0 Å². The van der Waals surface area contributed by atoms with Gasteiger partial charge in [-0.1, -0.05) is 0 Å². The Balaban J connectivity index is 3.97. The molecule has 0 rings (SSSR count). The highest BCUT2D eigenvalue weighted by molar-refractivity contribution is 5.80. The van der Waals surface area contributed by atoms with E-state index in [-0.39, 0.29) is 12.5 Å². The minimum Gasteiger partial charge on any atom is -0.382 e. The molecule has 0 aliphatic carbocycles. The summed E-state index contributed by atoms with van der Waals surface area (Å²) in [5.41, 5.74) is 5.12. The van der Waals surface area contributed by atoms with Crippen LogP contribution in [0.1, 0.15) is 13.8 Å². The van der Waals surface area contributed by atoms with Crippen LogP contribution in [0.2, 0.25) is 0 Å². The van der Waals surface area contributed by atoms with E-state index < -0.39 is 6.10 Å². The third kappa shape index (κ3) is 2.86. The SMILES string of the molecule is CCN(CC)C(=O)C(O)CN. The van der Waals surface area contributed by atoms with Crippen LogP contribution in [-0.4, -0.2) is 41.7 Å². The predicted octanol–water partition coefficient (Wildman–Crippen LogP) is -0.826. The first-order valence-electron chi connectivity index (χ1n) is 3.84. The molecule has 11 heavy (non-hydrogen) atoms. The molecule has 0 radical (unpaired) electrons. The van der Waals surface area contributed by atoms with E-state index in [9.17, 15) is 4.79 Å². The van der Waals surface area contributed by atoms with Crippen molar-refractivity contribution in [2.75, 3.05) is 19.6 Å². The van der Waals surface area contributed by atoms with E-state index in [1.165, 1.54) is 0 Å². The molecule has 0 saturated carbocycles. The molecule has 0 spiro atoms. The summed E-state index contributed by atoms with van der Waals surface area (Å²) in [6.45, 7) is 4.96. The molecule has 0 aliphatic rings. The molecule has 1 unspecified atom stereocenters. The third-order valence-corrected chi connectivity index (χ3v) is 1.58. The van der Waals surface area contributed by atoms with Gasteiger partial charge in [-0.25, -0.2) is 0 Å². The molecule has 4 nitrogen and oxygen atoms in total. The Bertz CT molecular complexity index is 124. The first kappa shape index (κ1) is 10.4. The summed E-state index contributed by atoms with van der Waals surface area (Å²) in [4.78, 5) is 12.7. The fraction of sp³-hybridized carbons (Fsp3) is 0.857. The summed E-state index contributed by atoms with van der Waals surface area (Å²) >= 11 is 0. The second-order valence-corrected chi connectivity index (χ2v) is 2.26. The average Bonchev–Trinajstić information content (AvgIpc) is 2.05. The highest BCUT2D eigenvalue weighted by Gasteiger charge is 2.17. The van der Waals surface area contributed by atoms with E-state index in [4.69, 9.17) is 10.8 Å². The molecule has 1 atom stereocenters. The summed E-state index contributed by atoms with van der Waals surface area (Å²) in [5.74, 6) is -0.280. The third-order valence-electron chi connectivity index (χ3n) is 1.58. The van der Waals surface area contributed by atoms with Gasteiger partial charge in [0.1, 0.15) is 6.10 Å². The molecular formula is C7H16N2O2. The van der Waals surface area contributed by atoms with Gasteiger partial charge in [-0.05, 0) is 13.8 Å². The van der Waals surface area contributed by atoms with Crippen LogP contribution in [0, 0.1) is 0 Å². The lowest BCUT2D eigenvalue weighted by Crippen LogP contribution is -2.42. The number of hydrogen-bond donors (Lipinski definition) is 2. The van der Waals surface area contributed by atoms with Gasteiger partial charge in [-0.3, -0.25) is 4.79 Å². The second-order valence-electron chi connectivity index (χ2n) is 2.26. The number of carbonyl (C=O) groups is 1. The number of rotatable bonds is 4. The molecule has 0 saturated heterocycles. The van der Waals surface area contributed by atoms with Crippen LogP contribution in [0.25, 0.3) is 0 Å². The molecule has 0 aromatic carbocycles. The number of carbonyl (C=O) groups excluding carboxylic acids is 1. The quantitative estimate of drug-likeness (QED) is 0.564. The Kier molecular flexibility index (Phi) is 4.81. The van der Waals surface area contributed by atoms with Gasteiger partial charge in [-0.2, -0.15) is 0 Å². The van der Waals surface area contributed by atoms with Crippen molar-refractivity contribution in [1.82, 2.24) is 4.90 Å². The minimum absolute atomic E-state index is 0.00463. The van der Waals surface area contributed by atoms with Gasteiger partial charge in [0, 0.05) is 19.6 Å². The lowest BCUT2D eigenvalue weighted by atomic mass is 10.3. The second kappa shape index (κ2) is 5.09. The van der Waals surface area contributed by atoms with Crippen LogP contribution in [-0.2, 0) is 4.79 Å². The highest BCUT2D eigenvalue weighted by Crippen LogP contribution is 1.92. The molecule has 4 heteroatoms. The van der Waals surface area contributed by atoms with Crippen molar-refractivity contribution in [3.63, 3.8) is 0 Å². The summed E-state index contributed by atoms with van der Waals surface area (Å²) in [7, 11) is 0. The first-order chi connectivity index (χ1) is 5.17. The zero-order valence-electron chi connectivity index (χ0n) is 7.08. The zero-order chi connectivity index (χ0) is 8.85. The summed E-state index contributed by atoms with van der Waals surface area (Å²) < 4.78 is 0. The fourth-order valence-electron chi connectivity index (χ4n) is 0.847. The summed E-state index contributed by atoms with van der Waals surface area (Å²) in [6, 6.07) is 0. The van der Waals surface area contributed by atoms with Crippen molar-refractivity contribution >= 4 is 5.91 Å². The van der Waals surface area contributed by atoms with E-state index in [1.807, 2.05) is 13.8 Å². The van der Waals surface area contributed by atoms with Crippen molar-refractivity contribution in [1.29, 1.82) is 0 Å². The van der Waals surface area contributed by atoms with Crippen molar-refractivity contribution in [2.45, 2.75) is 20.0 Å². The van der Waals surface area contributed by atoms with Crippen molar-refractivity contribution in [2.24, 2.45) is 5.73 Å². The minimum atomic E-state index is -1.03. The van der Waals surface area contributed by atoms with E-state index in [2.05, 4.69) is 0 Å². The van der Waals surface area contributed by atoms with Gasteiger partial charge in [0.05, 0.1) is 0 Å². The highest BCUT2D eigenvalue weighted by atomic mass is 16.3. The molecule has 0 bridgehead atoms. The molecule has 3 N–H and O–H groups in total. The maximum atomic E-state index is 11.1.